The molecular weight excluding hydrogens is 459 g/mol. The standard InChI is InChI=1S/C29H27FN2O4/c1-18-14-24(19(2)32(18)16-22-6-5-13-35-22)28(33)17-36-29(34)25-15-27(20-9-11-21(30)12-10-20)31-26-8-4-3-7-23(25)26/h3-4,7-12,14-15,22H,5-6,13,16-17H2,1-2H3/t22-/m0/s1. The van der Waals surface area contributed by atoms with Crippen LogP contribution in [-0.2, 0) is 16.0 Å². The van der Waals surface area contributed by atoms with Crippen molar-refractivity contribution in [2.24, 2.45) is 0 Å². The van der Waals surface area contributed by atoms with E-state index in [4.69, 9.17) is 9.47 Å². The van der Waals surface area contributed by atoms with E-state index in [-0.39, 0.29) is 24.3 Å². The highest BCUT2D eigenvalue weighted by molar-refractivity contribution is 6.06. The molecule has 2 aromatic carbocycles. The number of rotatable bonds is 7. The molecule has 6 nitrogen and oxygen atoms in total. The lowest BCUT2D eigenvalue weighted by molar-refractivity contribution is 0.0476. The predicted molar refractivity (Wildman–Crippen MR) is 135 cm³/mol. The minimum absolute atomic E-state index is 0.158. The Morgan fingerprint density at radius 2 is 1.86 bits per heavy atom. The average molecular weight is 487 g/mol. The smallest absolute Gasteiger partial charge is 0.339 e. The summed E-state index contributed by atoms with van der Waals surface area (Å²) in [5, 5.41) is 0.621. The van der Waals surface area contributed by atoms with Crippen molar-refractivity contribution in [1.82, 2.24) is 9.55 Å². The number of esters is 1. The molecule has 36 heavy (non-hydrogen) atoms. The Morgan fingerprint density at radius 3 is 2.61 bits per heavy atom. The maximum absolute atomic E-state index is 13.4. The topological polar surface area (TPSA) is 70.4 Å². The number of pyridine rings is 1. The van der Waals surface area contributed by atoms with E-state index in [0.29, 0.717) is 39.8 Å². The van der Waals surface area contributed by atoms with Gasteiger partial charge in [-0.1, -0.05) is 18.2 Å². The fraction of sp³-hybridized carbons (Fsp3) is 0.276. The van der Waals surface area contributed by atoms with Gasteiger partial charge in [0, 0.05) is 41.1 Å². The van der Waals surface area contributed by atoms with Crippen molar-refractivity contribution in [2.75, 3.05) is 13.2 Å². The number of para-hydroxylation sites is 1. The second-order valence-corrected chi connectivity index (χ2v) is 9.11. The highest BCUT2D eigenvalue weighted by Gasteiger charge is 2.22. The van der Waals surface area contributed by atoms with Gasteiger partial charge in [0.2, 0.25) is 5.78 Å². The van der Waals surface area contributed by atoms with Crippen molar-refractivity contribution < 1.29 is 23.5 Å². The molecule has 7 heteroatoms. The van der Waals surface area contributed by atoms with Gasteiger partial charge in [-0.05, 0) is 69.2 Å². The second-order valence-electron chi connectivity index (χ2n) is 9.11. The Balaban J connectivity index is 1.36. The maximum Gasteiger partial charge on any atom is 0.339 e. The molecule has 1 saturated heterocycles. The molecule has 1 aliphatic heterocycles. The van der Waals surface area contributed by atoms with Gasteiger partial charge in [0.05, 0.1) is 22.9 Å². The minimum Gasteiger partial charge on any atom is -0.454 e. The molecule has 0 amide bonds. The first-order valence-corrected chi connectivity index (χ1v) is 12.0. The molecule has 2 aromatic heterocycles. The number of hydrogen-bond donors (Lipinski definition) is 0. The lowest BCUT2D eigenvalue weighted by Crippen LogP contribution is -2.18. The zero-order valence-corrected chi connectivity index (χ0v) is 20.3. The van der Waals surface area contributed by atoms with E-state index in [9.17, 15) is 14.0 Å². The van der Waals surface area contributed by atoms with E-state index < -0.39 is 5.97 Å². The van der Waals surface area contributed by atoms with Gasteiger partial charge in [-0.25, -0.2) is 14.2 Å². The van der Waals surface area contributed by atoms with E-state index in [1.54, 1.807) is 30.3 Å². The molecule has 0 saturated carbocycles. The minimum atomic E-state index is -0.613. The highest BCUT2D eigenvalue weighted by atomic mass is 19.1. The van der Waals surface area contributed by atoms with Crippen LogP contribution in [0.4, 0.5) is 4.39 Å². The first-order valence-electron chi connectivity index (χ1n) is 12.0. The number of Topliss-reactive ketones (excluding diaryl/α,β-unsaturated/α-hetero) is 1. The number of carbonyl (C=O) groups is 2. The number of aromatic nitrogens is 2. The van der Waals surface area contributed by atoms with Crippen LogP contribution in [0.25, 0.3) is 22.2 Å². The molecule has 3 heterocycles. The molecule has 184 valence electrons. The van der Waals surface area contributed by atoms with Gasteiger partial charge in [-0.3, -0.25) is 4.79 Å². The third kappa shape index (κ3) is 4.79. The first-order chi connectivity index (χ1) is 17.4. The van der Waals surface area contributed by atoms with E-state index in [2.05, 4.69) is 9.55 Å². The molecule has 5 rings (SSSR count). The van der Waals surface area contributed by atoms with E-state index >= 15 is 0 Å². The van der Waals surface area contributed by atoms with E-state index in [0.717, 1.165) is 30.8 Å². The predicted octanol–water partition coefficient (Wildman–Crippen LogP) is 5.68. The van der Waals surface area contributed by atoms with Gasteiger partial charge < -0.3 is 14.0 Å². The van der Waals surface area contributed by atoms with Crippen molar-refractivity contribution in [1.29, 1.82) is 0 Å². The Hall–Kier alpha value is -3.84. The van der Waals surface area contributed by atoms with Gasteiger partial charge in [0.15, 0.2) is 6.61 Å². The summed E-state index contributed by atoms with van der Waals surface area (Å²) >= 11 is 0. The van der Waals surface area contributed by atoms with Crippen LogP contribution in [0.5, 0.6) is 0 Å². The summed E-state index contributed by atoms with van der Waals surface area (Å²) in [5.74, 6) is -1.22. The number of carbonyl (C=O) groups excluding carboxylic acids is 2. The molecule has 0 unspecified atom stereocenters. The zero-order valence-electron chi connectivity index (χ0n) is 20.3. The molecule has 1 atom stereocenters. The van der Waals surface area contributed by atoms with E-state index in [1.807, 2.05) is 32.0 Å². The van der Waals surface area contributed by atoms with Gasteiger partial charge in [-0.15, -0.1) is 0 Å². The molecule has 0 spiro atoms. The number of ketones is 1. The van der Waals surface area contributed by atoms with Crippen LogP contribution in [0.15, 0.2) is 60.7 Å². The Kier molecular flexibility index (Phi) is 6.65. The second kappa shape index (κ2) is 10.0. The van der Waals surface area contributed by atoms with Gasteiger partial charge in [0.25, 0.3) is 0 Å². The number of aryl methyl sites for hydroxylation is 1. The normalized spacial score (nSPS) is 15.4. The SMILES string of the molecule is Cc1cc(C(=O)COC(=O)c2cc(-c3ccc(F)cc3)nc3ccccc23)c(C)n1C[C@@H]1CCCO1. The number of hydrogen-bond acceptors (Lipinski definition) is 5. The van der Waals surface area contributed by atoms with Crippen LogP contribution < -0.4 is 0 Å². The molecular formula is C29H27FN2O4. The summed E-state index contributed by atoms with van der Waals surface area (Å²) in [4.78, 5) is 30.8. The Labute approximate surface area is 208 Å². The number of fused-ring (bicyclic) bond motifs is 1. The summed E-state index contributed by atoms with van der Waals surface area (Å²) in [6.07, 6.45) is 2.22. The van der Waals surface area contributed by atoms with Crippen molar-refractivity contribution >= 4 is 22.7 Å². The first kappa shape index (κ1) is 23.9. The van der Waals surface area contributed by atoms with Crippen LogP contribution in [0.1, 0.15) is 44.9 Å². The number of benzene rings is 2. The van der Waals surface area contributed by atoms with Crippen molar-refractivity contribution in [3.8, 4) is 11.3 Å². The molecule has 0 N–H and O–H groups in total. The van der Waals surface area contributed by atoms with Crippen molar-refractivity contribution in [3.05, 3.63) is 89.0 Å². The zero-order chi connectivity index (χ0) is 25.2. The average Bonchev–Trinajstić information content (AvgIpc) is 3.50. The van der Waals surface area contributed by atoms with Crippen molar-refractivity contribution in [3.63, 3.8) is 0 Å². The summed E-state index contributed by atoms with van der Waals surface area (Å²) < 4.78 is 26.7. The molecule has 0 aliphatic carbocycles. The van der Waals surface area contributed by atoms with Crippen molar-refractivity contribution in [2.45, 2.75) is 39.3 Å². The largest absolute Gasteiger partial charge is 0.454 e. The number of nitrogens with zero attached hydrogens (tertiary/aromatic N) is 2. The van der Waals surface area contributed by atoms with E-state index in [1.165, 1.54) is 12.1 Å². The summed E-state index contributed by atoms with van der Waals surface area (Å²) in [6, 6.07) is 16.6. The molecule has 0 radical (unpaired) electrons. The Morgan fingerprint density at radius 1 is 1.08 bits per heavy atom. The maximum atomic E-state index is 13.4. The Bertz CT molecular complexity index is 1440. The highest BCUT2D eigenvalue weighted by Crippen LogP contribution is 2.26. The van der Waals surface area contributed by atoms with Gasteiger partial charge >= 0.3 is 5.97 Å². The monoisotopic (exact) mass is 486 g/mol. The van der Waals surface area contributed by atoms with Crippen LogP contribution in [0, 0.1) is 19.7 Å². The van der Waals surface area contributed by atoms with Crippen LogP contribution in [0.3, 0.4) is 0 Å². The number of ether oxygens (including phenoxy) is 2. The van der Waals surface area contributed by atoms with Gasteiger partial charge in [-0.2, -0.15) is 0 Å². The molecule has 0 bridgehead atoms. The van der Waals surface area contributed by atoms with Crippen LogP contribution >= 0.6 is 0 Å². The summed E-state index contributed by atoms with van der Waals surface area (Å²) in [5.41, 5.74) is 4.46. The molecule has 1 aliphatic rings. The lowest BCUT2D eigenvalue weighted by atomic mass is 10.0. The van der Waals surface area contributed by atoms with Crippen LogP contribution in [0.2, 0.25) is 0 Å². The quantitative estimate of drug-likeness (QED) is 0.248. The summed E-state index contributed by atoms with van der Waals surface area (Å²) in [6.45, 7) is 4.98. The van der Waals surface area contributed by atoms with Gasteiger partial charge in [0.1, 0.15) is 5.82 Å². The third-order valence-corrected chi connectivity index (χ3v) is 6.69. The van der Waals surface area contributed by atoms with Crippen LogP contribution in [-0.4, -0.2) is 40.6 Å². The fourth-order valence-corrected chi connectivity index (χ4v) is 4.76. The third-order valence-electron chi connectivity index (χ3n) is 6.69. The number of halogens is 1. The lowest BCUT2D eigenvalue weighted by Gasteiger charge is -2.14. The molecule has 4 aromatic rings. The fourth-order valence-electron chi connectivity index (χ4n) is 4.76. The summed E-state index contributed by atoms with van der Waals surface area (Å²) in [7, 11) is 0. The molecule has 1 fully saturated rings.